The van der Waals surface area contributed by atoms with E-state index in [-0.39, 0.29) is 10.8 Å². The molecule has 2 rings (SSSR count). The van der Waals surface area contributed by atoms with E-state index in [9.17, 15) is 17.6 Å². The number of hydrogen-bond donors (Lipinski definition) is 1. The summed E-state index contributed by atoms with van der Waals surface area (Å²) in [6, 6.07) is 10.8. The van der Waals surface area contributed by atoms with Gasteiger partial charge in [0, 0.05) is 5.02 Å². The quantitative estimate of drug-likeness (QED) is 0.857. The van der Waals surface area contributed by atoms with E-state index in [0.717, 1.165) is 12.1 Å². The maximum atomic E-state index is 13.7. The second kappa shape index (κ2) is 7.51. The van der Waals surface area contributed by atoms with Gasteiger partial charge in [-0.05, 0) is 49.4 Å². The van der Waals surface area contributed by atoms with Gasteiger partial charge in [-0.1, -0.05) is 11.6 Å². The number of sulfonamides is 1. The fraction of sp³-hybridized carbons (Fsp3) is 0.125. The van der Waals surface area contributed by atoms with Crippen molar-refractivity contribution in [1.29, 1.82) is 5.26 Å². The lowest BCUT2D eigenvalue weighted by Gasteiger charge is -2.15. The van der Waals surface area contributed by atoms with Gasteiger partial charge in [-0.25, -0.2) is 17.5 Å². The zero-order valence-corrected chi connectivity index (χ0v) is 14.4. The number of nitrogens with one attached hydrogen (secondary N) is 1. The van der Waals surface area contributed by atoms with Crippen LogP contribution in [0.15, 0.2) is 47.4 Å². The molecule has 1 amide bonds. The predicted octanol–water partition coefficient (Wildman–Crippen LogP) is 2.62. The first kappa shape index (κ1) is 18.7. The summed E-state index contributed by atoms with van der Waals surface area (Å²) in [6.45, 7) is 1.33. The van der Waals surface area contributed by atoms with Crippen molar-refractivity contribution in [2.24, 2.45) is 0 Å². The van der Waals surface area contributed by atoms with Gasteiger partial charge in [0.05, 0.1) is 11.6 Å². The lowest BCUT2D eigenvalue weighted by molar-refractivity contribution is -0.125. The van der Waals surface area contributed by atoms with Crippen molar-refractivity contribution in [3.05, 3.63) is 58.9 Å². The normalized spacial score (nSPS) is 12.1. The average molecular weight is 383 g/mol. The molecule has 0 saturated carbocycles. The molecule has 6 nitrogen and oxygen atoms in total. The summed E-state index contributed by atoms with van der Waals surface area (Å²) < 4.78 is 45.0. The monoisotopic (exact) mass is 382 g/mol. The van der Waals surface area contributed by atoms with Crippen LogP contribution in [-0.2, 0) is 14.8 Å². The summed E-state index contributed by atoms with van der Waals surface area (Å²) in [6.07, 6.45) is -1.17. The number of halogens is 2. The molecule has 0 bridgehead atoms. The van der Waals surface area contributed by atoms with Crippen LogP contribution in [0.3, 0.4) is 0 Å². The van der Waals surface area contributed by atoms with Crippen molar-refractivity contribution >= 4 is 27.5 Å². The molecule has 9 heteroatoms. The van der Waals surface area contributed by atoms with E-state index in [1.807, 2.05) is 6.07 Å². The van der Waals surface area contributed by atoms with E-state index >= 15 is 0 Å². The molecule has 1 N–H and O–H groups in total. The summed E-state index contributed by atoms with van der Waals surface area (Å²) in [5.41, 5.74) is 0.408. The first-order valence-electron chi connectivity index (χ1n) is 6.91. The van der Waals surface area contributed by atoms with Crippen molar-refractivity contribution in [3.8, 4) is 11.8 Å². The largest absolute Gasteiger partial charge is 0.481 e. The molecule has 0 radical (unpaired) electrons. The Hall–Kier alpha value is -2.63. The minimum absolute atomic E-state index is 0.0280. The average Bonchev–Trinajstić information content (AvgIpc) is 2.54. The summed E-state index contributed by atoms with van der Waals surface area (Å²) >= 11 is 5.57. The zero-order chi connectivity index (χ0) is 18.6. The number of carbonyl (C=O) groups is 1. The van der Waals surface area contributed by atoms with Gasteiger partial charge >= 0.3 is 0 Å². The molecule has 25 heavy (non-hydrogen) atoms. The van der Waals surface area contributed by atoms with Crippen LogP contribution in [0.2, 0.25) is 5.02 Å². The molecular formula is C16H12ClFN2O4S. The predicted molar refractivity (Wildman–Crippen MR) is 88.0 cm³/mol. The number of benzene rings is 2. The summed E-state index contributed by atoms with van der Waals surface area (Å²) in [7, 11) is -4.41. The fourth-order valence-electron chi connectivity index (χ4n) is 1.83. The molecule has 0 heterocycles. The molecule has 1 unspecified atom stereocenters. The minimum atomic E-state index is -4.41. The van der Waals surface area contributed by atoms with Gasteiger partial charge in [0.15, 0.2) is 6.10 Å². The molecule has 0 fully saturated rings. The molecule has 0 aliphatic carbocycles. The van der Waals surface area contributed by atoms with Crippen LogP contribution < -0.4 is 9.46 Å². The Morgan fingerprint density at radius 3 is 2.48 bits per heavy atom. The number of nitrogens with zero attached hydrogens (tertiary/aromatic N) is 1. The molecule has 0 aliphatic rings. The van der Waals surface area contributed by atoms with E-state index in [1.54, 1.807) is 4.72 Å². The molecule has 2 aromatic carbocycles. The standard InChI is InChI=1S/C16H12ClFN2O4S/c1-10(24-13-5-2-11(9-19)3-6-13)16(21)20-25(22,23)15-7-4-12(17)8-14(15)18/h2-8,10H,1H3,(H,20,21). The van der Waals surface area contributed by atoms with Crippen LogP contribution in [0.25, 0.3) is 0 Å². The second-order valence-electron chi connectivity index (χ2n) is 4.94. The Balaban J connectivity index is 2.10. The van der Waals surface area contributed by atoms with Crippen LogP contribution in [0.5, 0.6) is 5.75 Å². The Morgan fingerprint density at radius 1 is 1.28 bits per heavy atom. The summed E-state index contributed by atoms with van der Waals surface area (Å²) in [5.74, 6) is -1.77. The minimum Gasteiger partial charge on any atom is -0.481 e. The van der Waals surface area contributed by atoms with E-state index in [4.69, 9.17) is 21.6 Å². The van der Waals surface area contributed by atoms with E-state index in [0.29, 0.717) is 5.56 Å². The van der Waals surface area contributed by atoms with Crippen LogP contribution in [0.4, 0.5) is 4.39 Å². The van der Waals surface area contributed by atoms with Crippen LogP contribution in [0, 0.1) is 17.1 Å². The molecule has 1 atom stereocenters. The maximum absolute atomic E-state index is 13.7. The summed E-state index contributed by atoms with van der Waals surface area (Å²) in [5, 5.41) is 8.74. The first-order valence-corrected chi connectivity index (χ1v) is 8.77. The van der Waals surface area contributed by atoms with Gasteiger partial charge in [-0.3, -0.25) is 4.79 Å². The zero-order valence-electron chi connectivity index (χ0n) is 12.9. The van der Waals surface area contributed by atoms with E-state index in [2.05, 4.69) is 0 Å². The van der Waals surface area contributed by atoms with Gasteiger partial charge in [0.25, 0.3) is 15.9 Å². The number of carbonyl (C=O) groups excluding carboxylic acids is 1. The van der Waals surface area contributed by atoms with Gasteiger partial charge < -0.3 is 4.74 Å². The highest BCUT2D eigenvalue weighted by atomic mass is 35.5. The van der Waals surface area contributed by atoms with Crippen molar-refractivity contribution < 1.29 is 22.3 Å². The van der Waals surface area contributed by atoms with Crippen LogP contribution >= 0.6 is 11.6 Å². The molecule has 0 aliphatic heterocycles. The second-order valence-corrected chi connectivity index (χ2v) is 7.03. The lowest BCUT2D eigenvalue weighted by atomic mass is 10.2. The van der Waals surface area contributed by atoms with Crippen LogP contribution in [0.1, 0.15) is 12.5 Å². The van der Waals surface area contributed by atoms with Gasteiger partial charge in [0.1, 0.15) is 16.5 Å². The van der Waals surface area contributed by atoms with Crippen molar-refractivity contribution in [3.63, 3.8) is 0 Å². The van der Waals surface area contributed by atoms with Gasteiger partial charge in [0.2, 0.25) is 0 Å². The number of nitriles is 1. The van der Waals surface area contributed by atoms with Crippen molar-refractivity contribution in [2.75, 3.05) is 0 Å². The molecule has 0 aromatic heterocycles. The summed E-state index contributed by atoms with van der Waals surface area (Å²) in [4.78, 5) is 11.3. The fourth-order valence-corrected chi connectivity index (χ4v) is 3.09. The Labute approximate surface area is 148 Å². The molecule has 2 aromatic rings. The SMILES string of the molecule is CC(Oc1ccc(C#N)cc1)C(=O)NS(=O)(=O)c1ccc(Cl)cc1F. The number of amides is 1. The topological polar surface area (TPSA) is 96.3 Å². The maximum Gasteiger partial charge on any atom is 0.274 e. The third-order valence-electron chi connectivity index (χ3n) is 3.08. The van der Waals surface area contributed by atoms with Crippen molar-refractivity contribution in [2.45, 2.75) is 17.9 Å². The Morgan fingerprint density at radius 2 is 1.92 bits per heavy atom. The molecule has 0 spiro atoms. The Bertz CT molecular complexity index is 940. The van der Waals surface area contributed by atoms with Crippen molar-refractivity contribution in [1.82, 2.24) is 4.72 Å². The van der Waals surface area contributed by atoms with Gasteiger partial charge in [-0.15, -0.1) is 0 Å². The van der Waals surface area contributed by atoms with Crippen LogP contribution in [-0.4, -0.2) is 20.4 Å². The number of hydrogen-bond acceptors (Lipinski definition) is 5. The molecule has 0 saturated heterocycles. The Kier molecular flexibility index (Phi) is 5.62. The lowest BCUT2D eigenvalue weighted by Crippen LogP contribution is -2.40. The van der Waals surface area contributed by atoms with E-state index < -0.39 is 32.7 Å². The first-order chi connectivity index (χ1) is 11.7. The highest BCUT2D eigenvalue weighted by Gasteiger charge is 2.25. The number of ether oxygens (including phenoxy) is 1. The highest BCUT2D eigenvalue weighted by molar-refractivity contribution is 7.90. The number of rotatable bonds is 5. The van der Waals surface area contributed by atoms with E-state index in [1.165, 1.54) is 37.3 Å². The molecule has 130 valence electrons. The third-order valence-corrected chi connectivity index (χ3v) is 4.70. The highest BCUT2D eigenvalue weighted by Crippen LogP contribution is 2.19. The third kappa shape index (κ3) is 4.68. The smallest absolute Gasteiger partial charge is 0.274 e. The van der Waals surface area contributed by atoms with Gasteiger partial charge in [-0.2, -0.15) is 5.26 Å². The molecular weight excluding hydrogens is 371 g/mol.